The van der Waals surface area contributed by atoms with Gasteiger partial charge in [0.1, 0.15) is 5.78 Å². The Labute approximate surface area is 106 Å². The van der Waals surface area contributed by atoms with Crippen molar-refractivity contribution in [2.24, 2.45) is 5.92 Å². The van der Waals surface area contributed by atoms with Gasteiger partial charge in [0.05, 0.1) is 19.1 Å². The van der Waals surface area contributed by atoms with Gasteiger partial charge in [0.25, 0.3) is 0 Å². The highest BCUT2D eigenvalue weighted by Crippen LogP contribution is 2.13. The van der Waals surface area contributed by atoms with Gasteiger partial charge >= 0.3 is 0 Å². The summed E-state index contributed by atoms with van der Waals surface area (Å²) >= 11 is 1.79. The molecule has 0 aliphatic carbocycles. The number of thiophene rings is 1. The van der Waals surface area contributed by atoms with Gasteiger partial charge in [0, 0.05) is 24.4 Å². The van der Waals surface area contributed by atoms with Crippen LogP contribution in [0.3, 0.4) is 0 Å². The SMILES string of the molecule is CN(CCc1cccs1)CC1COCCC1=O. The van der Waals surface area contributed by atoms with Gasteiger partial charge in [-0.25, -0.2) is 0 Å². The lowest BCUT2D eigenvalue weighted by Gasteiger charge is -2.25. The molecule has 1 aliphatic rings. The van der Waals surface area contributed by atoms with E-state index in [1.165, 1.54) is 4.88 Å². The van der Waals surface area contributed by atoms with E-state index < -0.39 is 0 Å². The van der Waals surface area contributed by atoms with Crippen molar-refractivity contribution < 1.29 is 9.53 Å². The van der Waals surface area contributed by atoms with Crippen LogP contribution in [-0.4, -0.2) is 44.0 Å². The molecule has 94 valence electrons. The average molecular weight is 253 g/mol. The first-order valence-electron chi connectivity index (χ1n) is 6.07. The molecule has 1 aromatic heterocycles. The molecule has 0 bridgehead atoms. The van der Waals surface area contributed by atoms with E-state index in [2.05, 4.69) is 29.5 Å². The summed E-state index contributed by atoms with van der Waals surface area (Å²) in [5.74, 6) is 0.441. The fraction of sp³-hybridized carbons (Fsp3) is 0.615. The van der Waals surface area contributed by atoms with Crippen molar-refractivity contribution in [1.29, 1.82) is 0 Å². The summed E-state index contributed by atoms with van der Waals surface area (Å²) in [5.41, 5.74) is 0. The molecule has 0 radical (unpaired) electrons. The molecular weight excluding hydrogens is 234 g/mol. The number of rotatable bonds is 5. The van der Waals surface area contributed by atoms with E-state index in [-0.39, 0.29) is 5.92 Å². The number of carbonyl (C=O) groups excluding carboxylic acids is 1. The zero-order chi connectivity index (χ0) is 12.1. The van der Waals surface area contributed by atoms with Gasteiger partial charge < -0.3 is 9.64 Å². The van der Waals surface area contributed by atoms with Gasteiger partial charge in [-0.3, -0.25) is 4.79 Å². The van der Waals surface area contributed by atoms with Crippen molar-refractivity contribution in [2.45, 2.75) is 12.8 Å². The minimum absolute atomic E-state index is 0.0806. The first-order valence-corrected chi connectivity index (χ1v) is 6.95. The molecule has 1 aromatic rings. The van der Waals surface area contributed by atoms with Crippen molar-refractivity contribution in [3.63, 3.8) is 0 Å². The smallest absolute Gasteiger partial charge is 0.141 e. The van der Waals surface area contributed by atoms with Crippen LogP contribution in [-0.2, 0) is 16.0 Å². The number of ether oxygens (including phenoxy) is 1. The van der Waals surface area contributed by atoms with Crippen LogP contribution in [0.2, 0.25) is 0 Å². The molecule has 2 rings (SSSR count). The third kappa shape index (κ3) is 3.91. The minimum atomic E-state index is 0.0806. The van der Waals surface area contributed by atoms with E-state index in [1.54, 1.807) is 11.3 Å². The third-order valence-corrected chi connectivity index (χ3v) is 4.06. The van der Waals surface area contributed by atoms with Crippen LogP contribution in [0.4, 0.5) is 0 Å². The molecule has 0 spiro atoms. The lowest BCUT2D eigenvalue weighted by molar-refractivity contribution is -0.131. The lowest BCUT2D eigenvalue weighted by atomic mass is 10.00. The van der Waals surface area contributed by atoms with E-state index in [0.29, 0.717) is 25.4 Å². The van der Waals surface area contributed by atoms with Gasteiger partial charge in [-0.05, 0) is 24.9 Å². The second-order valence-corrected chi connectivity index (χ2v) is 5.61. The molecular formula is C13H19NO2S. The van der Waals surface area contributed by atoms with Crippen molar-refractivity contribution in [1.82, 2.24) is 4.90 Å². The summed E-state index contributed by atoms with van der Waals surface area (Å²) in [7, 11) is 2.08. The van der Waals surface area contributed by atoms with E-state index in [9.17, 15) is 4.79 Å². The zero-order valence-corrected chi connectivity index (χ0v) is 11.0. The maximum Gasteiger partial charge on any atom is 0.141 e. The number of Topliss-reactive ketones (excluding diaryl/α,β-unsaturated/α-hetero) is 1. The molecule has 0 saturated carbocycles. The fourth-order valence-corrected chi connectivity index (χ4v) is 2.77. The Hall–Kier alpha value is -0.710. The number of hydrogen-bond donors (Lipinski definition) is 0. The Kier molecular flexibility index (Phi) is 4.71. The molecule has 0 N–H and O–H groups in total. The fourth-order valence-electron chi connectivity index (χ4n) is 2.07. The summed E-state index contributed by atoms with van der Waals surface area (Å²) in [6.45, 7) is 3.03. The number of ketones is 1. The Morgan fingerprint density at radius 3 is 3.18 bits per heavy atom. The quantitative estimate of drug-likeness (QED) is 0.802. The highest BCUT2D eigenvalue weighted by molar-refractivity contribution is 7.09. The minimum Gasteiger partial charge on any atom is -0.380 e. The predicted molar refractivity (Wildman–Crippen MR) is 69.5 cm³/mol. The topological polar surface area (TPSA) is 29.5 Å². The molecule has 17 heavy (non-hydrogen) atoms. The molecule has 1 fully saturated rings. The zero-order valence-electron chi connectivity index (χ0n) is 10.2. The van der Waals surface area contributed by atoms with Crippen LogP contribution in [0.25, 0.3) is 0 Å². The summed E-state index contributed by atoms with van der Waals surface area (Å²) in [5, 5.41) is 2.10. The first kappa shape index (κ1) is 12.7. The largest absolute Gasteiger partial charge is 0.380 e. The highest BCUT2D eigenvalue weighted by atomic mass is 32.1. The molecule has 0 aromatic carbocycles. The lowest BCUT2D eigenvalue weighted by Crippen LogP contribution is -2.37. The van der Waals surface area contributed by atoms with Gasteiger partial charge in [-0.2, -0.15) is 0 Å². The van der Waals surface area contributed by atoms with E-state index in [4.69, 9.17) is 4.74 Å². The van der Waals surface area contributed by atoms with Crippen LogP contribution in [0.5, 0.6) is 0 Å². The number of carbonyl (C=O) groups is 1. The number of nitrogens with zero attached hydrogens (tertiary/aromatic N) is 1. The second kappa shape index (κ2) is 6.28. The maximum atomic E-state index is 11.7. The van der Waals surface area contributed by atoms with Gasteiger partial charge in [-0.1, -0.05) is 6.07 Å². The summed E-state index contributed by atoms with van der Waals surface area (Å²) in [6.07, 6.45) is 1.65. The van der Waals surface area contributed by atoms with Gasteiger partial charge in [-0.15, -0.1) is 11.3 Å². The van der Waals surface area contributed by atoms with Crippen LogP contribution in [0.1, 0.15) is 11.3 Å². The highest BCUT2D eigenvalue weighted by Gasteiger charge is 2.23. The molecule has 3 nitrogen and oxygen atoms in total. The Balaban J connectivity index is 1.72. The Morgan fingerprint density at radius 1 is 1.59 bits per heavy atom. The maximum absolute atomic E-state index is 11.7. The Bertz CT molecular complexity index is 350. The van der Waals surface area contributed by atoms with Gasteiger partial charge in [0.15, 0.2) is 0 Å². The molecule has 1 saturated heterocycles. The number of likely N-dealkylation sites (N-methyl/N-ethyl adjacent to an activating group) is 1. The standard InChI is InChI=1S/C13H19NO2S/c1-14(6-4-12-3-2-8-17-12)9-11-10-16-7-5-13(11)15/h2-3,8,11H,4-7,9-10H2,1H3. The summed E-state index contributed by atoms with van der Waals surface area (Å²) in [6, 6.07) is 4.24. The summed E-state index contributed by atoms with van der Waals surface area (Å²) < 4.78 is 5.36. The molecule has 2 heterocycles. The van der Waals surface area contributed by atoms with Gasteiger partial charge in [0.2, 0.25) is 0 Å². The molecule has 1 unspecified atom stereocenters. The molecule has 1 aliphatic heterocycles. The number of hydrogen-bond acceptors (Lipinski definition) is 4. The molecule has 0 amide bonds. The van der Waals surface area contributed by atoms with Crippen molar-refractivity contribution in [3.05, 3.63) is 22.4 Å². The Morgan fingerprint density at radius 2 is 2.47 bits per heavy atom. The molecule has 4 heteroatoms. The van der Waals surface area contributed by atoms with E-state index >= 15 is 0 Å². The van der Waals surface area contributed by atoms with Crippen molar-refractivity contribution in [2.75, 3.05) is 33.4 Å². The van der Waals surface area contributed by atoms with Crippen LogP contribution in [0.15, 0.2) is 17.5 Å². The monoisotopic (exact) mass is 253 g/mol. The van der Waals surface area contributed by atoms with Crippen LogP contribution >= 0.6 is 11.3 Å². The van der Waals surface area contributed by atoms with E-state index in [0.717, 1.165) is 19.5 Å². The normalized spacial score (nSPS) is 21.1. The average Bonchev–Trinajstić information content (AvgIpc) is 2.82. The second-order valence-electron chi connectivity index (χ2n) is 4.58. The van der Waals surface area contributed by atoms with Crippen molar-refractivity contribution in [3.8, 4) is 0 Å². The van der Waals surface area contributed by atoms with Crippen LogP contribution < -0.4 is 0 Å². The predicted octanol–water partition coefficient (Wildman–Crippen LogP) is 1.83. The van der Waals surface area contributed by atoms with Crippen molar-refractivity contribution >= 4 is 17.1 Å². The summed E-state index contributed by atoms with van der Waals surface area (Å²) in [4.78, 5) is 15.3. The first-order chi connectivity index (χ1) is 8.25. The molecule has 1 atom stereocenters. The van der Waals surface area contributed by atoms with Crippen LogP contribution in [0, 0.1) is 5.92 Å². The van der Waals surface area contributed by atoms with E-state index in [1.807, 2.05) is 0 Å². The third-order valence-electron chi connectivity index (χ3n) is 3.12.